The highest BCUT2D eigenvalue weighted by Crippen LogP contribution is 2.39. The number of fused-ring (bicyclic) bond motifs is 9. The van der Waals surface area contributed by atoms with E-state index in [1.807, 2.05) is 0 Å². The average Bonchev–Trinajstić information content (AvgIpc) is 3.30. The lowest BCUT2D eigenvalue weighted by Gasteiger charge is -2.00. The van der Waals surface area contributed by atoms with Crippen LogP contribution in [-0.2, 0) is 12.8 Å². The molecule has 0 aliphatic rings. The Bertz CT molecular complexity index is 1410. The third-order valence-corrected chi connectivity index (χ3v) is 6.01. The van der Waals surface area contributed by atoms with Crippen molar-refractivity contribution in [2.75, 3.05) is 0 Å². The van der Waals surface area contributed by atoms with Crippen molar-refractivity contribution in [2.24, 2.45) is 0 Å². The van der Waals surface area contributed by atoms with E-state index in [-0.39, 0.29) is 0 Å². The molecule has 0 aliphatic carbocycles. The third kappa shape index (κ3) is 2.03. The third-order valence-electron chi connectivity index (χ3n) is 6.01. The van der Waals surface area contributed by atoms with Crippen LogP contribution in [0.3, 0.4) is 0 Å². The van der Waals surface area contributed by atoms with Gasteiger partial charge in [0, 0.05) is 32.3 Å². The second kappa shape index (κ2) is 5.62. The molecule has 6 aromatic rings. The van der Waals surface area contributed by atoms with Crippen LogP contribution in [0.5, 0.6) is 0 Å². The maximum atomic E-state index is 6.33. The zero-order chi connectivity index (χ0) is 18.8. The van der Waals surface area contributed by atoms with Gasteiger partial charge in [0.1, 0.15) is 22.3 Å². The predicted molar refractivity (Wildman–Crippen MR) is 117 cm³/mol. The van der Waals surface area contributed by atoms with Crippen LogP contribution in [0.15, 0.2) is 69.5 Å². The second-order valence-electron chi connectivity index (χ2n) is 7.55. The number of rotatable bonds is 2. The van der Waals surface area contributed by atoms with Crippen LogP contribution < -0.4 is 0 Å². The Morgan fingerprint density at radius 2 is 0.857 bits per heavy atom. The van der Waals surface area contributed by atoms with Crippen molar-refractivity contribution >= 4 is 54.6 Å². The molecule has 6 rings (SSSR count). The summed E-state index contributed by atoms with van der Waals surface area (Å²) in [5, 5.41) is 6.88. The standard InChI is InChI=1S/C26H20O2/c1-3-15-5-7-17-19-9-11-22-21(25(19)27-23(17)13-15)12-10-20-18-8-6-16(4-2)14-24(18)28-26(20)22/h5-14H,3-4H2,1-2H3. The Morgan fingerprint density at radius 3 is 1.25 bits per heavy atom. The molecule has 2 heterocycles. The Balaban J connectivity index is 1.72. The van der Waals surface area contributed by atoms with Crippen LogP contribution in [0, 0.1) is 0 Å². The summed E-state index contributed by atoms with van der Waals surface area (Å²) in [5.41, 5.74) is 6.39. The van der Waals surface area contributed by atoms with E-state index in [0.717, 1.165) is 56.7 Å². The largest absolute Gasteiger partial charge is 0.455 e. The Labute approximate surface area is 162 Å². The van der Waals surface area contributed by atoms with Crippen molar-refractivity contribution < 1.29 is 8.83 Å². The first-order valence-electron chi connectivity index (χ1n) is 9.99. The molecule has 0 aliphatic heterocycles. The van der Waals surface area contributed by atoms with Gasteiger partial charge in [0.15, 0.2) is 0 Å². The highest BCUT2D eigenvalue weighted by atomic mass is 16.3. The second-order valence-corrected chi connectivity index (χ2v) is 7.55. The number of benzene rings is 4. The minimum atomic E-state index is 0.942. The number of aryl methyl sites for hydroxylation is 2. The van der Waals surface area contributed by atoms with Gasteiger partial charge in [-0.05, 0) is 60.4 Å². The summed E-state index contributed by atoms with van der Waals surface area (Å²) >= 11 is 0. The molecular weight excluding hydrogens is 344 g/mol. The Morgan fingerprint density at radius 1 is 0.500 bits per heavy atom. The quantitative estimate of drug-likeness (QED) is 0.314. The van der Waals surface area contributed by atoms with Gasteiger partial charge < -0.3 is 8.83 Å². The molecule has 0 fully saturated rings. The van der Waals surface area contributed by atoms with Gasteiger partial charge in [-0.15, -0.1) is 0 Å². The van der Waals surface area contributed by atoms with Gasteiger partial charge in [-0.2, -0.15) is 0 Å². The van der Waals surface area contributed by atoms with Crippen molar-refractivity contribution in [2.45, 2.75) is 26.7 Å². The molecule has 28 heavy (non-hydrogen) atoms. The van der Waals surface area contributed by atoms with Gasteiger partial charge in [0.25, 0.3) is 0 Å². The number of hydrogen-bond acceptors (Lipinski definition) is 2. The fourth-order valence-electron chi connectivity index (χ4n) is 4.40. The van der Waals surface area contributed by atoms with E-state index in [2.05, 4.69) is 74.5 Å². The van der Waals surface area contributed by atoms with E-state index in [1.165, 1.54) is 21.9 Å². The van der Waals surface area contributed by atoms with E-state index in [4.69, 9.17) is 8.83 Å². The molecule has 2 aromatic heterocycles. The molecule has 136 valence electrons. The maximum absolute atomic E-state index is 6.33. The van der Waals surface area contributed by atoms with E-state index in [1.54, 1.807) is 0 Å². The topological polar surface area (TPSA) is 26.3 Å². The smallest absolute Gasteiger partial charge is 0.143 e. The van der Waals surface area contributed by atoms with Gasteiger partial charge in [-0.1, -0.05) is 38.1 Å². The maximum Gasteiger partial charge on any atom is 0.143 e. The average molecular weight is 364 g/mol. The molecule has 0 saturated carbocycles. The molecule has 0 amide bonds. The summed E-state index contributed by atoms with van der Waals surface area (Å²) in [7, 11) is 0. The molecule has 2 nitrogen and oxygen atoms in total. The molecule has 0 spiro atoms. The molecule has 0 radical (unpaired) electrons. The van der Waals surface area contributed by atoms with Crippen molar-refractivity contribution in [1.82, 2.24) is 0 Å². The van der Waals surface area contributed by atoms with Crippen molar-refractivity contribution in [3.05, 3.63) is 71.8 Å². The van der Waals surface area contributed by atoms with Gasteiger partial charge in [0.05, 0.1) is 0 Å². The lowest BCUT2D eigenvalue weighted by Crippen LogP contribution is -1.77. The molecule has 0 N–H and O–H groups in total. The van der Waals surface area contributed by atoms with Crippen molar-refractivity contribution in [1.29, 1.82) is 0 Å². The summed E-state index contributed by atoms with van der Waals surface area (Å²) in [6.45, 7) is 4.34. The van der Waals surface area contributed by atoms with Crippen molar-refractivity contribution in [3.8, 4) is 0 Å². The SMILES string of the molecule is CCc1ccc2c(c1)oc1c2ccc2c1ccc1c3ccc(CC)cc3oc12. The molecule has 0 saturated heterocycles. The number of furan rings is 2. The van der Waals surface area contributed by atoms with Crippen LogP contribution in [-0.4, -0.2) is 0 Å². The highest BCUT2D eigenvalue weighted by Gasteiger charge is 2.15. The molecular formula is C26H20O2. The molecule has 2 heteroatoms. The minimum absolute atomic E-state index is 0.942. The first-order chi connectivity index (χ1) is 13.8. The van der Waals surface area contributed by atoms with E-state index >= 15 is 0 Å². The highest BCUT2D eigenvalue weighted by molar-refractivity contribution is 6.22. The summed E-state index contributed by atoms with van der Waals surface area (Å²) in [4.78, 5) is 0. The molecule has 0 unspecified atom stereocenters. The molecule has 0 bridgehead atoms. The van der Waals surface area contributed by atoms with Crippen molar-refractivity contribution in [3.63, 3.8) is 0 Å². The summed E-state index contributed by atoms with van der Waals surface area (Å²) < 4.78 is 12.7. The number of hydrogen-bond donors (Lipinski definition) is 0. The fraction of sp³-hybridized carbons (Fsp3) is 0.154. The fourth-order valence-corrected chi connectivity index (χ4v) is 4.40. The lowest BCUT2D eigenvalue weighted by atomic mass is 10.0. The summed E-state index contributed by atoms with van der Waals surface area (Å²) in [6.07, 6.45) is 2.01. The summed E-state index contributed by atoms with van der Waals surface area (Å²) in [6, 6.07) is 21.7. The lowest BCUT2D eigenvalue weighted by molar-refractivity contribution is 0.668. The Hall–Kier alpha value is -3.26. The van der Waals surface area contributed by atoms with Crippen LogP contribution in [0.4, 0.5) is 0 Å². The van der Waals surface area contributed by atoms with Gasteiger partial charge in [-0.3, -0.25) is 0 Å². The van der Waals surface area contributed by atoms with Crippen LogP contribution in [0.2, 0.25) is 0 Å². The van der Waals surface area contributed by atoms with E-state index in [0.29, 0.717) is 0 Å². The van der Waals surface area contributed by atoms with E-state index < -0.39 is 0 Å². The first kappa shape index (κ1) is 15.8. The zero-order valence-electron chi connectivity index (χ0n) is 16.0. The van der Waals surface area contributed by atoms with Gasteiger partial charge >= 0.3 is 0 Å². The van der Waals surface area contributed by atoms with Gasteiger partial charge in [-0.25, -0.2) is 0 Å². The first-order valence-corrected chi connectivity index (χ1v) is 9.99. The predicted octanol–water partition coefficient (Wildman–Crippen LogP) is 7.76. The molecule has 0 atom stereocenters. The molecule has 4 aromatic carbocycles. The van der Waals surface area contributed by atoms with Gasteiger partial charge in [0.2, 0.25) is 0 Å². The zero-order valence-corrected chi connectivity index (χ0v) is 16.0. The summed E-state index contributed by atoms with van der Waals surface area (Å²) in [5.74, 6) is 0. The minimum Gasteiger partial charge on any atom is -0.455 e. The van der Waals surface area contributed by atoms with Crippen LogP contribution in [0.25, 0.3) is 54.6 Å². The normalized spacial score (nSPS) is 12.2. The monoisotopic (exact) mass is 364 g/mol. The van der Waals surface area contributed by atoms with Crippen LogP contribution >= 0.6 is 0 Å². The Kier molecular flexibility index (Phi) is 3.16. The van der Waals surface area contributed by atoms with E-state index in [9.17, 15) is 0 Å². The van der Waals surface area contributed by atoms with Crippen LogP contribution in [0.1, 0.15) is 25.0 Å².